The van der Waals surface area contributed by atoms with Crippen molar-refractivity contribution in [2.24, 2.45) is 0 Å². The standard InChI is InChI=1S/C52H45N/c1-34-17-20-37(21-18-34)38-23-26-42(27-24-38)53(51-16-10-13-39-12-7-9-15-45(39)51)43-28-30-47-46-29-25-41(32-49(46)52(4,5)50(47)33-43)40-22-19-36(3)48(31-40)44-14-8-6-11-35(44)2/h6,8-11,13-33H,7,12H2,1-5H3. The molecular formula is C52H45N. The van der Waals surface area contributed by atoms with Gasteiger partial charge in [0.1, 0.15) is 0 Å². The van der Waals surface area contributed by atoms with E-state index in [0.717, 1.165) is 18.5 Å². The molecule has 2 aliphatic carbocycles. The van der Waals surface area contributed by atoms with Gasteiger partial charge < -0.3 is 4.90 Å². The Kier molecular flexibility index (Phi) is 8.04. The predicted molar refractivity (Wildman–Crippen MR) is 227 cm³/mol. The molecule has 9 rings (SSSR count). The van der Waals surface area contributed by atoms with Gasteiger partial charge in [0.25, 0.3) is 0 Å². The van der Waals surface area contributed by atoms with E-state index in [9.17, 15) is 0 Å². The van der Waals surface area contributed by atoms with E-state index in [4.69, 9.17) is 0 Å². The Bertz CT molecular complexity index is 2550. The van der Waals surface area contributed by atoms with Crippen molar-refractivity contribution < 1.29 is 0 Å². The van der Waals surface area contributed by atoms with Gasteiger partial charge in [0.05, 0.1) is 5.69 Å². The highest BCUT2D eigenvalue weighted by Crippen LogP contribution is 2.52. The zero-order valence-corrected chi connectivity index (χ0v) is 31.4. The summed E-state index contributed by atoms with van der Waals surface area (Å²) in [7, 11) is 0. The maximum absolute atomic E-state index is 2.47. The van der Waals surface area contributed by atoms with Crippen LogP contribution < -0.4 is 4.90 Å². The molecule has 0 N–H and O–H groups in total. The average Bonchev–Trinajstić information content (AvgIpc) is 3.41. The fourth-order valence-corrected chi connectivity index (χ4v) is 8.63. The smallest absolute Gasteiger partial charge is 0.0536 e. The van der Waals surface area contributed by atoms with Gasteiger partial charge in [0.2, 0.25) is 0 Å². The highest BCUT2D eigenvalue weighted by Gasteiger charge is 2.36. The van der Waals surface area contributed by atoms with Crippen LogP contribution in [0.15, 0.2) is 152 Å². The molecule has 0 spiro atoms. The Labute approximate surface area is 314 Å². The lowest BCUT2D eigenvalue weighted by atomic mass is 9.81. The summed E-state index contributed by atoms with van der Waals surface area (Å²) in [6, 6.07) is 54.6. The summed E-state index contributed by atoms with van der Waals surface area (Å²) in [5.74, 6) is 0. The summed E-state index contributed by atoms with van der Waals surface area (Å²) in [6.45, 7) is 11.4. The monoisotopic (exact) mass is 683 g/mol. The van der Waals surface area contributed by atoms with E-state index in [1.165, 1.54) is 94.8 Å². The molecule has 0 aliphatic heterocycles. The van der Waals surface area contributed by atoms with Crippen LogP contribution >= 0.6 is 0 Å². The van der Waals surface area contributed by atoms with Crippen molar-refractivity contribution in [3.8, 4) is 44.5 Å². The predicted octanol–water partition coefficient (Wildman–Crippen LogP) is 14.3. The van der Waals surface area contributed by atoms with Crippen molar-refractivity contribution >= 4 is 23.1 Å². The molecule has 0 atom stereocenters. The highest BCUT2D eigenvalue weighted by atomic mass is 15.1. The molecular weight excluding hydrogens is 639 g/mol. The molecule has 7 aromatic rings. The molecule has 7 aromatic carbocycles. The largest absolute Gasteiger partial charge is 0.310 e. The number of nitrogens with zero attached hydrogens (tertiary/aromatic N) is 1. The van der Waals surface area contributed by atoms with E-state index in [1.54, 1.807) is 0 Å². The Morgan fingerprint density at radius 2 is 1.11 bits per heavy atom. The summed E-state index contributed by atoms with van der Waals surface area (Å²) >= 11 is 0. The van der Waals surface area contributed by atoms with Crippen LogP contribution in [0.2, 0.25) is 0 Å². The fourth-order valence-electron chi connectivity index (χ4n) is 8.63. The van der Waals surface area contributed by atoms with Gasteiger partial charge in [-0.05, 0) is 148 Å². The number of aryl methyl sites for hydroxylation is 4. The van der Waals surface area contributed by atoms with Crippen LogP contribution in [0.1, 0.15) is 59.2 Å². The SMILES string of the molecule is Cc1ccc(-c2ccc(N(c3ccc4c(c3)C(C)(C)c3cc(-c5ccc(C)c(-c6ccccc6C)c5)ccc3-4)c3cccc4c3C=CCC4)cc2)cc1. The Morgan fingerprint density at radius 3 is 1.89 bits per heavy atom. The molecule has 0 saturated carbocycles. The third-order valence-electron chi connectivity index (χ3n) is 11.7. The Hall–Kier alpha value is -5.92. The number of anilines is 3. The summed E-state index contributed by atoms with van der Waals surface area (Å²) < 4.78 is 0. The first-order valence-corrected chi connectivity index (χ1v) is 19.0. The van der Waals surface area contributed by atoms with E-state index in [2.05, 4.69) is 197 Å². The molecule has 0 heterocycles. The van der Waals surface area contributed by atoms with Gasteiger partial charge >= 0.3 is 0 Å². The second kappa shape index (κ2) is 12.9. The number of rotatable bonds is 6. The van der Waals surface area contributed by atoms with E-state index in [-0.39, 0.29) is 5.41 Å². The lowest BCUT2D eigenvalue weighted by molar-refractivity contribution is 0.660. The van der Waals surface area contributed by atoms with E-state index >= 15 is 0 Å². The summed E-state index contributed by atoms with van der Waals surface area (Å²) in [4.78, 5) is 2.47. The van der Waals surface area contributed by atoms with Gasteiger partial charge in [-0.25, -0.2) is 0 Å². The number of hydrogen-bond acceptors (Lipinski definition) is 1. The maximum atomic E-state index is 2.47. The first-order valence-electron chi connectivity index (χ1n) is 19.0. The first-order chi connectivity index (χ1) is 25.8. The molecule has 0 saturated heterocycles. The van der Waals surface area contributed by atoms with Crippen LogP contribution in [0.3, 0.4) is 0 Å². The third-order valence-corrected chi connectivity index (χ3v) is 11.7. The zero-order valence-electron chi connectivity index (χ0n) is 31.4. The molecule has 53 heavy (non-hydrogen) atoms. The minimum Gasteiger partial charge on any atom is -0.310 e. The van der Waals surface area contributed by atoms with Crippen LogP contribution in [-0.2, 0) is 11.8 Å². The number of allylic oxidation sites excluding steroid dienone is 1. The molecule has 0 radical (unpaired) electrons. The number of hydrogen-bond donors (Lipinski definition) is 0. The molecule has 0 aromatic heterocycles. The molecule has 0 unspecified atom stereocenters. The quantitative estimate of drug-likeness (QED) is 0.169. The van der Waals surface area contributed by atoms with Crippen LogP contribution in [0.5, 0.6) is 0 Å². The topological polar surface area (TPSA) is 3.24 Å². The molecule has 0 amide bonds. The summed E-state index contributed by atoms with van der Waals surface area (Å²) in [6.07, 6.45) is 6.81. The van der Waals surface area contributed by atoms with Crippen molar-refractivity contribution in [2.45, 2.75) is 52.9 Å². The van der Waals surface area contributed by atoms with Crippen molar-refractivity contribution in [1.29, 1.82) is 0 Å². The molecule has 2 aliphatic rings. The minimum atomic E-state index is -0.169. The van der Waals surface area contributed by atoms with E-state index in [0.29, 0.717) is 0 Å². The lowest BCUT2D eigenvalue weighted by Crippen LogP contribution is -2.17. The zero-order chi connectivity index (χ0) is 36.3. The Morgan fingerprint density at radius 1 is 0.491 bits per heavy atom. The second-order valence-corrected chi connectivity index (χ2v) is 15.5. The second-order valence-electron chi connectivity index (χ2n) is 15.5. The van der Waals surface area contributed by atoms with Crippen molar-refractivity contribution in [3.63, 3.8) is 0 Å². The van der Waals surface area contributed by atoms with Crippen LogP contribution in [0, 0.1) is 20.8 Å². The third kappa shape index (κ3) is 5.72. The lowest BCUT2D eigenvalue weighted by Gasteiger charge is -2.30. The summed E-state index contributed by atoms with van der Waals surface area (Å²) in [5, 5.41) is 0. The van der Waals surface area contributed by atoms with Crippen molar-refractivity contribution in [2.75, 3.05) is 4.90 Å². The number of fused-ring (bicyclic) bond motifs is 4. The van der Waals surface area contributed by atoms with Crippen LogP contribution in [0.4, 0.5) is 17.1 Å². The average molecular weight is 684 g/mol. The van der Waals surface area contributed by atoms with Gasteiger partial charge in [-0.3, -0.25) is 0 Å². The van der Waals surface area contributed by atoms with Crippen LogP contribution in [0.25, 0.3) is 50.6 Å². The Balaban J connectivity index is 1.13. The normalized spacial score (nSPS) is 13.7. The molecule has 0 fully saturated rings. The molecule has 1 nitrogen and oxygen atoms in total. The fraction of sp³-hybridized carbons (Fsp3) is 0.154. The molecule has 1 heteroatoms. The molecule has 258 valence electrons. The highest BCUT2D eigenvalue weighted by molar-refractivity contribution is 5.90. The van der Waals surface area contributed by atoms with Gasteiger partial charge in [0, 0.05) is 22.4 Å². The van der Waals surface area contributed by atoms with Gasteiger partial charge in [-0.2, -0.15) is 0 Å². The maximum Gasteiger partial charge on any atom is 0.0536 e. The van der Waals surface area contributed by atoms with Crippen molar-refractivity contribution in [1.82, 2.24) is 0 Å². The first kappa shape index (κ1) is 33.0. The summed E-state index contributed by atoms with van der Waals surface area (Å²) in [5.41, 5.74) is 23.0. The van der Waals surface area contributed by atoms with E-state index < -0.39 is 0 Å². The van der Waals surface area contributed by atoms with Gasteiger partial charge in [-0.1, -0.05) is 135 Å². The molecule has 0 bridgehead atoms. The van der Waals surface area contributed by atoms with E-state index in [1.807, 2.05) is 0 Å². The number of benzene rings is 7. The van der Waals surface area contributed by atoms with Gasteiger partial charge in [0.15, 0.2) is 0 Å². The van der Waals surface area contributed by atoms with Gasteiger partial charge in [-0.15, -0.1) is 0 Å². The van der Waals surface area contributed by atoms with Crippen LogP contribution in [-0.4, -0.2) is 0 Å². The van der Waals surface area contributed by atoms with Crippen molar-refractivity contribution in [3.05, 3.63) is 191 Å². The minimum absolute atomic E-state index is 0.169.